The Morgan fingerprint density at radius 3 is 2.89 bits per heavy atom. The topological polar surface area (TPSA) is 55.6 Å². The Morgan fingerprint density at radius 1 is 1.44 bits per heavy atom. The van der Waals surface area contributed by atoms with Gasteiger partial charge in [0.2, 0.25) is 0 Å². The minimum absolute atomic E-state index is 0.0391. The molecule has 0 fully saturated rings. The molecule has 0 aromatic carbocycles. The number of aromatic nitrogens is 4. The largest absolute Gasteiger partial charge is 0.304 e. The van der Waals surface area contributed by atoms with Crippen LogP contribution in [0.2, 0.25) is 0 Å². The van der Waals surface area contributed by atoms with Crippen molar-refractivity contribution in [2.24, 2.45) is 0 Å². The van der Waals surface area contributed by atoms with E-state index in [9.17, 15) is 0 Å². The van der Waals surface area contributed by atoms with Gasteiger partial charge in [0.15, 0.2) is 0 Å². The fraction of sp³-hybridized carbons (Fsp3) is 0.545. The predicted molar refractivity (Wildman–Crippen MR) is 75.6 cm³/mol. The zero-order valence-electron chi connectivity index (χ0n) is 10.4. The molecule has 7 heteroatoms. The van der Waals surface area contributed by atoms with Crippen molar-refractivity contribution in [2.75, 3.05) is 6.54 Å². The average molecular weight is 330 g/mol. The molecule has 1 N–H and O–H groups in total. The van der Waals surface area contributed by atoms with Crippen molar-refractivity contribution in [3.8, 4) is 0 Å². The lowest BCUT2D eigenvalue weighted by Crippen LogP contribution is -2.25. The van der Waals surface area contributed by atoms with Gasteiger partial charge >= 0.3 is 0 Å². The Morgan fingerprint density at radius 2 is 2.28 bits per heavy atom. The number of halogens is 1. The summed E-state index contributed by atoms with van der Waals surface area (Å²) in [5, 5.41) is 7.84. The molecule has 2 aromatic heterocycles. The first-order valence-corrected chi connectivity index (χ1v) is 7.52. The smallest absolute Gasteiger partial charge is 0.0974 e. The van der Waals surface area contributed by atoms with E-state index in [0.29, 0.717) is 0 Å². The second-order valence-corrected chi connectivity index (χ2v) is 5.33. The highest BCUT2D eigenvalue weighted by atomic mass is 79.9. The molecule has 2 rings (SSSR count). The van der Waals surface area contributed by atoms with Gasteiger partial charge < -0.3 is 5.32 Å². The summed E-state index contributed by atoms with van der Waals surface area (Å²) in [5.74, 6) is 0. The van der Waals surface area contributed by atoms with Gasteiger partial charge in [-0.05, 0) is 28.9 Å². The highest BCUT2D eigenvalue weighted by Gasteiger charge is 2.22. The van der Waals surface area contributed by atoms with Crippen LogP contribution in [0.25, 0.3) is 0 Å². The van der Waals surface area contributed by atoms with Gasteiger partial charge in [-0.2, -0.15) is 13.8 Å². The van der Waals surface area contributed by atoms with E-state index < -0.39 is 0 Å². The predicted octanol–water partition coefficient (Wildman–Crippen LogP) is 2.61. The molecule has 5 nitrogen and oxygen atoms in total. The molecule has 98 valence electrons. The number of hydrogen-bond donors (Lipinski definition) is 1. The minimum Gasteiger partial charge on any atom is -0.304 e. The SMILES string of the molecule is CCCn1ncc(Br)c1C(NCC)c1cnsn1. The molecular formula is C11H16BrN5S. The van der Waals surface area contributed by atoms with Crippen LogP contribution in [-0.4, -0.2) is 25.1 Å². The molecule has 2 aromatic rings. The summed E-state index contributed by atoms with van der Waals surface area (Å²) < 4.78 is 11.5. The van der Waals surface area contributed by atoms with Gasteiger partial charge in [0.05, 0.1) is 46.0 Å². The summed E-state index contributed by atoms with van der Waals surface area (Å²) in [7, 11) is 0. The van der Waals surface area contributed by atoms with Crippen LogP contribution < -0.4 is 5.32 Å². The number of rotatable bonds is 6. The average Bonchev–Trinajstić information content (AvgIpc) is 2.98. The Kier molecular flexibility index (Phi) is 4.85. The Hall–Kier alpha value is -0.790. The molecule has 0 saturated carbocycles. The third-order valence-corrected chi connectivity index (χ3v) is 3.73. The monoisotopic (exact) mass is 329 g/mol. The van der Waals surface area contributed by atoms with E-state index in [2.05, 4.69) is 48.9 Å². The van der Waals surface area contributed by atoms with Gasteiger partial charge in [0, 0.05) is 6.54 Å². The van der Waals surface area contributed by atoms with Crippen LogP contribution in [0.1, 0.15) is 37.7 Å². The normalized spacial score (nSPS) is 12.8. The number of nitrogens with one attached hydrogen (secondary N) is 1. The molecule has 18 heavy (non-hydrogen) atoms. The first-order valence-electron chi connectivity index (χ1n) is 6.00. The van der Waals surface area contributed by atoms with Crippen LogP contribution in [0, 0.1) is 0 Å². The van der Waals surface area contributed by atoms with Crippen molar-refractivity contribution >= 4 is 27.7 Å². The van der Waals surface area contributed by atoms with E-state index in [4.69, 9.17) is 0 Å². The van der Waals surface area contributed by atoms with E-state index in [1.54, 1.807) is 0 Å². The summed E-state index contributed by atoms with van der Waals surface area (Å²) in [6.07, 6.45) is 4.71. The first kappa shape index (κ1) is 13.6. The van der Waals surface area contributed by atoms with Gasteiger partial charge in [-0.25, -0.2) is 0 Å². The molecule has 0 aliphatic carbocycles. The van der Waals surface area contributed by atoms with E-state index in [-0.39, 0.29) is 6.04 Å². The highest BCUT2D eigenvalue weighted by molar-refractivity contribution is 9.10. The molecule has 1 atom stereocenters. The van der Waals surface area contributed by atoms with Crippen LogP contribution in [0.5, 0.6) is 0 Å². The molecule has 0 aliphatic heterocycles. The lowest BCUT2D eigenvalue weighted by Gasteiger charge is -2.17. The second-order valence-electron chi connectivity index (χ2n) is 3.92. The van der Waals surface area contributed by atoms with E-state index in [1.807, 2.05) is 17.1 Å². The zero-order chi connectivity index (χ0) is 13.0. The lowest BCUT2D eigenvalue weighted by molar-refractivity contribution is 0.515. The maximum Gasteiger partial charge on any atom is 0.0974 e. The molecule has 0 spiro atoms. The summed E-state index contributed by atoms with van der Waals surface area (Å²) in [5.41, 5.74) is 2.06. The van der Waals surface area contributed by atoms with Crippen LogP contribution in [0.15, 0.2) is 16.9 Å². The Balaban J connectivity index is 2.39. The maximum atomic E-state index is 4.40. The minimum atomic E-state index is 0.0391. The maximum absolute atomic E-state index is 4.40. The first-order chi connectivity index (χ1) is 8.77. The van der Waals surface area contributed by atoms with E-state index in [0.717, 1.165) is 35.4 Å². The lowest BCUT2D eigenvalue weighted by atomic mass is 10.1. The second kappa shape index (κ2) is 6.40. The fourth-order valence-corrected chi connectivity index (χ4v) is 2.87. The van der Waals surface area contributed by atoms with Crippen LogP contribution in [-0.2, 0) is 6.54 Å². The standard InChI is InChI=1S/C11H16BrN5S/c1-3-5-17-11(8(12)6-14-17)10(13-4-2)9-7-15-18-16-9/h6-7,10,13H,3-5H2,1-2H3. The van der Waals surface area contributed by atoms with Crippen molar-refractivity contribution in [3.05, 3.63) is 28.3 Å². The van der Waals surface area contributed by atoms with Gasteiger partial charge in [-0.15, -0.1) is 0 Å². The van der Waals surface area contributed by atoms with Gasteiger partial charge in [-0.3, -0.25) is 4.68 Å². The number of nitrogens with zero attached hydrogens (tertiary/aromatic N) is 4. The van der Waals surface area contributed by atoms with E-state index in [1.165, 1.54) is 11.7 Å². The van der Waals surface area contributed by atoms with E-state index >= 15 is 0 Å². The third-order valence-electron chi connectivity index (χ3n) is 2.62. The third kappa shape index (κ3) is 2.78. The van der Waals surface area contributed by atoms with Crippen molar-refractivity contribution in [1.82, 2.24) is 23.8 Å². The van der Waals surface area contributed by atoms with Crippen molar-refractivity contribution in [2.45, 2.75) is 32.9 Å². The molecule has 2 heterocycles. The number of hydrogen-bond acceptors (Lipinski definition) is 5. The summed E-state index contributed by atoms with van der Waals surface area (Å²) in [4.78, 5) is 0. The van der Waals surface area contributed by atoms with Gasteiger partial charge in [0.25, 0.3) is 0 Å². The highest BCUT2D eigenvalue weighted by Crippen LogP contribution is 2.28. The molecule has 0 bridgehead atoms. The Bertz CT molecular complexity index is 482. The zero-order valence-corrected chi connectivity index (χ0v) is 12.8. The quantitative estimate of drug-likeness (QED) is 0.885. The van der Waals surface area contributed by atoms with Crippen molar-refractivity contribution in [3.63, 3.8) is 0 Å². The molecule has 0 aliphatic rings. The summed E-state index contributed by atoms with van der Waals surface area (Å²) in [6.45, 7) is 6.00. The molecular weight excluding hydrogens is 314 g/mol. The Labute approximate surface area is 119 Å². The van der Waals surface area contributed by atoms with Crippen LogP contribution in [0.4, 0.5) is 0 Å². The molecule has 0 amide bonds. The van der Waals surface area contributed by atoms with Crippen LogP contribution in [0.3, 0.4) is 0 Å². The van der Waals surface area contributed by atoms with Crippen molar-refractivity contribution in [1.29, 1.82) is 0 Å². The fourth-order valence-electron chi connectivity index (χ4n) is 1.89. The molecule has 1 unspecified atom stereocenters. The molecule has 0 saturated heterocycles. The van der Waals surface area contributed by atoms with Gasteiger partial charge in [-0.1, -0.05) is 13.8 Å². The van der Waals surface area contributed by atoms with Crippen molar-refractivity contribution < 1.29 is 0 Å². The van der Waals surface area contributed by atoms with Gasteiger partial charge in [0.1, 0.15) is 0 Å². The molecule has 0 radical (unpaired) electrons. The number of aryl methyl sites for hydroxylation is 1. The summed E-state index contributed by atoms with van der Waals surface area (Å²) >= 11 is 4.81. The van der Waals surface area contributed by atoms with Crippen LogP contribution >= 0.6 is 27.7 Å². The summed E-state index contributed by atoms with van der Waals surface area (Å²) in [6, 6.07) is 0.0391.